The SMILES string of the molecule is CCOc1cc(/C=C2\SC(=S)N(CCCCCC(=O)[O-])C2=O)ccc1O. The maximum absolute atomic E-state index is 12.5. The number of rotatable bonds is 9. The van der Waals surface area contributed by atoms with Crippen LogP contribution < -0.4 is 9.84 Å². The quantitative estimate of drug-likeness (QED) is 0.390. The maximum atomic E-state index is 12.5. The summed E-state index contributed by atoms with van der Waals surface area (Å²) >= 11 is 6.51. The van der Waals surface area contributed by atoms with Gasteiger partial charge in [0.25, 0.3) is 5.91 Å². The molecule has 0 aliphatic carbocycles. The van der Waals surface area contributed by atoms with E-state index in [0.29, 0.717) is 47.4 Å². The molecule has 0 spiro atoms. The van der Waals surface area contributed by atoms with Crippen molar-refractivity contribution in [2.75, 3.05) is 13.2 Å². The first-order valence-corrected chi connectivity index (χ1v) is 9.56. The molecular weight excluding hydrogens is 374 g/mol. The minimum atomic E-state index is -1.06. The molecule has 26 heavy (non-hydrogen) atoms. The number of hydrogen-bond acceptors (Lipinski definition) is 7. The van der Waals surface area contributed by atoms with E-state index in [-0.39, 0.29) is 18.1 Å². The number of amides is 1. The first-order chi connectivity index (χ1) is 12.4. The van der Waals surface area contributed by atoms with E-state index in [0.717, 1.165) is 5.56 Å². The summed E-state index contributed by atoms with van der Waals surface area (Å²) < 4.78 is 5.84. The minimum absolute atomic E-state index is 0.0291. The van der Waals surface area contributed by atoms with Gasteiger partial charge in [0.15, 0.2) is 11.5 Å². The number of benzene rings is 1. The van der Waals surface area contributed by atoms with E-state index in [1.54, 1.807) is 18.2 Å². The molecule has 1 aliphatic rings. The lowest BCUT2D eigenvalue weighted by Gasteiger charge is -2.14. The zero-order valence-electron chi connectivity index (χ0n) is 14.4. The van der Waals surface area contributed by atoms with E-state index < -0.39 is 5.97 Å². The zero-order valence-corrected chi connectivity index (χ0v) is 16.0. The number of ether oxygens (including phenoxy) is 1. The van der Waals surface area contributed by atoms with Crippen LogP contribution in [0.2, 0.25) is 0 Å². The molecule has 0 saturated carbocycles. The molecule has 1 aromatic rings. The lowest BCUT2D eigenvalue weighted by molar-refractivity contribution is -0.305. The summed E-state index contributed by atoms with van der Waals surface area (Å²) in [4.78, 5) is 25.0. The van der Waals surface area contributed by atoms with Crippen LogP contribution in [0.15, 0.2) is 23.1 Å². The number of nitrogens with zero attached hydrogens (tertiary/aromatic N) is 1. The average molecular weight is 394 g/mol. The number of unbranched alkanes of at least 4 members (excludes halogenated alkanes) is 2. The van der Waals surface area contributed by atoms with Crippen LogP contribution >= 0.6 is 24.0 Å². The van der Waals surface area contributed by atoms with Crippen LogP contribution in [-0.2, 0) is 9.59 Å². The number of hydrogen-bond donors (Lipinski definition) is 1. The Bertz CT molecular complexity index is 732. The molecule has 0 bridgehead atoms. The van der Waals surface area contributed by atoms with Gasteiger partial charge in [-0.25, -0.2) is 0 Å². The average Bonchev–Trinajstić information content (AvgIpc) is 2.84. The highest BCUT2D eigenvalue weighted by molar-refractivity contribution is 8.26. The van der Waals surface area contributed by atoms with Crippen molar-refractivity contribution < 1.29 is 24.5 Å². The first-order valence-electron chi connectivity index (χ1n) is 8.33. The molecule has 1 aromatic carbocycles. The van der Waals surface area contributed by atoms with Crippen molar-refractivity contribution in [3.63, 3.8) is 0 Å². The van der Waals surface area contributed by atoms with Gasteiger partial charge >= 0.3 is 0 Å². The van der Waals surface area contributed by atoms with Crippen molar-refractivity contribution in [1.82, 2.24) is 4.90 Å². The van der Waals surface area contributed by atoms with Gasteiger partial charge in [-0.1, -0.05) is 36.5 Å². The van der Waals surface area contributed by atoms with Crippen LogP contribution in [0, 0.1) is 0 Å². The van der Waals surface area contributed by atoms with E-state index in [1.807, 2.05) is 6.92 Å². The van der Waals surface area contributed by atoms with Gasteiger partial charge in [0.1, 0.15) is 4.32 Å². The third-order valence-corrected chi connectivity index (χ3v) is 5.10. The lowest BCUT2D eigenvalue weighted by Crippen LogP contribution is -2.29. The summed E-state index contributed by atoms with van der Waals surface area (Å²) in [5, 5.41) is 20.1. The summed E-state index contributed by atoms with van der Waals surface area (Å²) in [6.07, 6.45) is 3.65. The van der Waals surface area contributed by atoms with Crippen molar-refractivity contribution in [2.24, 2.45) is 0 Å². The smallest absolute Gasteiger partial charge is 0.266 e. The van der Waals surface area contributed by atoms with Crippen molar-refractivity contribution in [2.45, 2.75) is 32.6 Å². The van der Waals surface area contributed by atoms with Crippen LogP contribution in [0.25, 0.3) is 6.08 Å². The molecule has 140 valence electrons. The number of carbonyl (C=O) groups is 2. The van der Waals surface area contributed by atoms with E-state index in [2.05, 4.69) is 0 Å². The highest BCUT2D eigenvalue weighted by atomic mass is 32.2. The molecule has 6 nitrogen and oxygen atoms in total. The molecule has 2 rings (SSSR count). The predicted molar refractivity (Wildman–Crippen MR) is 103 cm³/mol. The van der Waals surface area contributed by atoms with Crippen molar-refractivity contribution in [3.8, 4) is 11.5 Å². The van der Waals surface area contributed by atoms with Crippen LogP contribution in [-0.4, -0.2) is 39.4 Å². The highest BCUT2D eigenvalue weighted by Crippen LogP contribution is 2.34. The molecule has 0 atom stereocenters. The number of carboxylic acid groups (broad SMARTS) is 1. The Kier molecular flexibility index (Phi) is 7.47. The van der Waals surface area contributed by atoms with E-state index in [4.69, 9.17) is 17.0 Å². The van der Waals surface area contributed by atoms with Crippen molar-refractivity contribution in [1.29, 1.82) is 0 Å². The second-order valence-electron chi connectivity index (χ2n) is 5.68. The van der Waals surface area contributed by atoms with Gasteiger partial charge in [-0.3, -0.25) is 9.69 Å². The summed E-state index contributed by atoms with van der Waals surface area (Å²) in [7, 11) is 0. The third-order valence-electron chi connectivity index (χ3n) is 3.72. The second kappa shape index (κ2) is 9.59. The third kappa shape index (κ3) is 5.47. The van der Waals surface area contributed by atoms with E-state index in [9.17, 15) is 19.8 Å². The van der Waals surface area contributed by atoms with Gasteiger partial charge in [-0.05, 0) is 50.0 Å². The normalized spacial score (nSPS) is 15.7. The predicted octanol–water partition coefficient (Wildman–Crippen LogP) is 2.30. The second-order valence-corrected chi connectivity index (χ2v) is 7.35. The highest BCUT2D eigenvalue weighted by Gasteiger charge is 2.31. The van der Waals surface area contributed by atoms with E-state index >= 15 is 0 Å². The molecular formula is C18H20NO5S2-. The fraction of sp³-hybridized carbons (Fsp3) is 0.389. The van der Waals surface area contributed by atoms with Gasteiger partial charge in [0.05, 0.1) is 11.5 Å². The molecule has 1 fully saturated rings. The minimum Gasteiger partial charge on any atom is -0.550 e. The summed E-state index contributed by atoms with van der Waals surface area (Å²) in [5.41, 5.74) is 0.737. The summed E-state index contributed by atoms with van der Waals surface area (Å²) in [6, 6.07) is 4.89. The van der Waals surface area contributed by atoms with Crippen LogP contribution in [0.4, 0.5) is 0 Å². The Labute approximate surface area is 161 Å². The van der Waals surface area contributed by atoms with Crippen LogP contribution in [0.1, 0.15) is 38.2 Å². The fourth-order valence-corrected chi connectivity index (χ4v) is 3.76. The van der Waals surface area contributed by atoms with Crippen molar-refractivity contribution >= 4 is 46.3 Å². The maximum Gasteiger partial charge on any atom is 0.266 e. The van der Waals surface area contributed by atoms with Crippen LogP contribution in [0.3, 0.4) is 0 Å². The van der Waals surface area contributed by atoms with Crippen LogP contribution in [0.5, 0.6) is 11.5 Å². The summed E-state index contributed by atoms with van der Waals surface area (Å²) in [5.74, 6) is -0.803. The van der Waals surface area contributed by atoms with Gasteiger partial charge in [-0.15, -0.1) is 0 Å². The molecule has 1 saturated heterocycles. The number of phenolic OH excluding ortho intramolecular Hbond substituents is 1. The molecule has 0 unspecified atom stereocenters. The number of thiocarbonyl (C=S) groups is 1. The number of carbonyl (C=O) groups excluding carboxylic acids is 2. The van der Waals surface area contributed by atoms with Gasteiger partial charge in [0.2, 0.25) is 0 Å². The Morgan fingerprint density at radius 3 is 2.85 bits per heavy atom. The van der Waals surface area contributed by atoms with Gasteiger partial charge in [0, 0.05) is 12.5 Å². The molecule has 1 heterocycles. The standard InChI is InChI=1S/C18H21NO5S2/c1-2-24-14-10-12(7-8-13(14)20)11-15-17(23)19(18(25)26-15)9-5-3-4-6-16(21)22/h7-8,10-11,20H,2-6,9H2,1H3,(H,21,22)/p-1/b15-11-. The lowest BCUT2D eigenvalue weighted by atomic mass is 10.1. The Hall–Kier alpha value is -2.06. The first kappa shape index (κ1) is 20.3. The zero-order chi connectivity index (χ0) is 19.1. The van der Waals surface area contributed by atoms with Crippen molar-refractivity contribution in [3.05, 3.63) is 28.7 Å². The largest absolute Gasteiger partial charge is 0.550 e. The molecule has 1 N–H and O–H groups in total. The number of aromatic hydroxyl groups is 1. The molecule has 0 aromatic heterocycles. The Morgan fingerprint density at radius 2 is 2.15 bits per heavy atom. The molecule has 8 heteroatoms. The Morgan fingerprint density at radius 1 is 1.38 bits per heavy atom. The number of aliphatic carboxylic acids is 1. The molecule has 0 radical (unpaired) electrons. The molecule has 1 aliphatic heterocycles. The van der Waals surface area contributed by atoms with Gasteiger partial charge < -0.3 is 19.7 Å². The number of thioether (sulfide) groups is 1. The number of carboxylic acids is 1. The summed E-state index contributed by atoms with van der Waals surface area (Å²) in [6.45, 7) is 2.72. The Balaban J connectivity index is 2.00. The van der Waals surface area contributed by atoms with E-state index in [1.165, 1.54) is 22.7 Å². The topological polar surface area (TPSA) is 89.9 Å². The number of phenols is 1. The van der Waals surface area contributed by atoms with Gasteiger partial charge in [-0.2, -0.15) is 0 Å². The monoisotopic (exact) mass is 394 g/mol. The molecule has 1 amide bonds. The fourth-order valence-electron chi connectivity index (χ4n) is 2.45.